The highest BCUT2D eigenvalue weighted by molar-refractivity contribution is 7.07. The van der Waals surface area contributed by atoms with Gasteiger partial charge in [-0.15, -0.1) is 0 Å². The lowest BCUT2D eigenvalue weighted by Crippen LogP contribution is -2.71. The quantitative estimate of drug-likeness (QED) is 0.383. The summed E-state index contributed by atoms with van der Waals surface area (Å²) in [6.07, 6.45) is 0. The van der Waals surface area contributed by atoms with Gasteiger partial charge in [-0.3, -0.25) is 0 Å². The van der Waals surface area contributed by atoms with Crippen molar-refractivity contribution in [3.63, 3.8) is 0 Å². The van der Waals surface area contributed by atoms with E-state index in [1.54, 1.807) is 0 Å². The van der Waals surface area contributed by atoms with E-state index in [1.807, 2.05) is 0 Å². The Kier molecular flexibility index (Phi) is 4.90. The molecule has 0 unspecified atom stereocenters. The fourth-order valence-electron chi connectivity index (χ4n) is 3.55. The molecule has 4 rings (SSSR count). The number of rotatable bonds is 5. The molecule has 2 heteroatoms. The Hall–Kier alpha value is -3.10. The first-order valence-electron chi connectivity index (χ1n) is 9.21. The second-order valence-corrected chi connectivity index (χ2v) is 10.00. The fourth-order valence-corrected chi connectivity index (χ4v) is 7.37. The smallest absolute Gasteiger partial charge is 0.346 e. The Labute approximate surface area is 162 Å². The summed E-state index contributed by atoms with van der Waals surface area (Å²) < 4.78 is 6.98. The molecule has 0 heterocycles. The standard InChI is InChI=1S/C25H22OSi/c1-21-12-11-13-22(20-21)26-27(23-14-5-2-6-15-23,24-16-7-3-8-17-24)25-18-9-4-10-19-25/h2-20H,1H3. The van der Waals surface area contributed by atoms with Crippen LogP contribution in [0, 0.1) is 6.92 Å². The lowest BCUT2D eigenvalue weighted by atomic mass is 10.2. The van der Waals surface area contributed by atoms with Crippen LogP contribution in [0.15, 0.2) is 115 Å². The first-order valence-corrected chi connectivity index (χ1v) is 11.1. The lowest BCUT2D eigenvalue weighted by Gasteiger charge is -2.33. The molecule has 0 saturated carbocycles. The molecule has 0 atom stereocenters. The molecule has 4 aromatic carbocycles. The molecular formula is C25H22OSi. The van der Waals surface area contributed by atoms with E-state index in [0.717, 1.165) is 5.75 Å². The Morgan fingerprint density at radius 3 is 1.37 bits per heavy atom. The monoisotopic (exact) mass is 366 g/mol. The summed E-state index contributed by atoms with van der Waals surface area (Å²) in [6.45, 7) is 2.10. The number of benzene rings is 4. The van der Waals surface area contributed by atoms with Crippen molar-refractivity contribution >= 4 is 23.9 Å². The van der Waals surface area contributed by atoms with Crippen molar-refractivity contribution in [1.29, 1.82) is 0 Å². The van der Waals surface area contributed by atoms with Crippen LogP contribution >= 0.6 is 0 Å². The third-order valence-electron chi connectivity index (χ3n) is 4.80. The van der Waals surface area contributed by atoms with Gasteiger partial charge in [-0.2, -0.15) is 0 Å². The van der Waals surface area contributed by atoms with Crippen molar-refractivity contribution in [2.75, 3.05) is 0 Å². The maximum atomic E-state index is 6.98. The van der Waals surface area contributed by atoms with E-state index < -0.39 is 8.32 Å². The summed E-state index contributed by atoms with van der Waals surface area (Å²) in [4.78, 5) is 0. The molecule has 0 aromatic heterocycles. The van der Waals surface area contributed by atoms with Crippen molar-refractivity contribution in [3.05, 3.63) is 121 Å². The number of aryl methyl sites for hydroxylation is 1. The van der Waals surface area contributed by atoms with Gasteiger partial charge in [0.25, 0.3) is 0 Å². The topological polar surface area (TPSA) is 9.23 Å². The molecule has 27 heavy (non-hydrogen) atoms. The molecule has 1 nitrogen and oxygen atoms in total. The Balaban J connectivity index is 2.00. The van der Waals surface area contributed by atoms with Gasteiger partial charge >= 0.3 is 8.32 Å². The van der Waals surface area contributed by atoms with E-state index in [1.165, 1.54) is 21.1 Å². The highest BCUT2D eigenvalue weighted by Gasteiger charge is 2.43. The molecule has 0 aliphatic rings. The van der Waals surface area contributed by atoms with Gasteiger partial charge in [0.15, 0.2) is 0 Å². The van der Waals surface area contributed by atoms with Crippen molar-refractivity contribution in [2.24, 2.45) is 0 Å². The van der Waals surface area contributed by atoms with Gasteiger partial charge < -0.3 is 4.43 Å². The Morgan fingerprint density at radius 2 is 0.963 bits per heavy atom. The molecule has 0 bridgehead atoms. The molecule has 4 aromatic rings. The van der Waals surface area contributed by atoms with Crippen molar-refractivity contribution in [1.82, 2.24) is 0 Å². The third kappa shape index (κ3) is 3.44. The van der Waals surface area contributed by atoms with Crippen LogP contribution in [0.4, 0.5) is 0 Å². The Morgan fingerprint density at radius 1 is 0.519 bits per heavy atom. The minimum atomic E-state index is -2.69. The van der Waals surface area contributed by atoms with E-state index in [0.29, 0.717) is 0 Å². The van der Waals surface area contributed by atoms with E-state index >= 15 is 0 Å². The minimum absolute atomic E-state index is 0.915. The van der Waals surface area contributed by atoms with Crippen LogP contribution < -0.4 is 20.0 Å². The van der Waals surface area contributed by atoms with Gasteiger partial charge in [-0.05, 0) is 40.2 Å². The highest BCUT2D eigenvalue weighted by Crippen LogP contribution is 2.18. The molecule has 0 aliphatic heterocycles. The second-order valence-electron chi connectivity index (χ2n) is 6.70. The van der Waals surface area contributed by atoms with Gasteiger partial charge in [-0.1, -0.05) is 103 Å². The van der Waals surface area contributed by atoms with E-state index in [2.05, 4.69) is 122 Å². The summed E-state index contributed by atoms with van der Waals surface area (Å²) >= 11 is 0. The van der Waals surface area contributed by atoms with Crippen molar-refractivity contribution < 1.29 is 4.43 Å². The average molecular weight is 367 g/mol. The molecule has 0 fully saturated rings. The molecule has 0 aliphatic carbocycles. The largest absolute Gasteiger partial charge is 0.530 e. The van der Waals surface area contributed by atoms with Crippen LogP contribution in [0.1, 0.15) is 5.56 Å². The van der Waals surface area contributed by atoms with Crippen LogP contribution in [-0.2, 0) is 0 Å². The normalized spacial score (nSPS) is 11.1. The van der Waals surface area contributed by atoms with Crippen molar-refractivity contribution in [3.8, 4) is 5.75 Å². The summed E-state index contributed by atoms with van der Waals surface area (Å²) in [5.74, 6) is 0.915. The van der Waals surface area contributed by atoms with Crippen molar-refractivity contribution in [2.45, 2.75) is 6.92 Å². The van der Waals surface area contributed by atoms with Crippen LogP contribution in [0.3, 0.4) is 0 Å². The SMILES string of the molecule is Cc1cccc(O[Si](c2ccccc2)(c2ccccc2)c2ccccc2)c1. The zero-order valence-electron chi connectivity index (χ0n) is 15.4. The maximum Gasteiger partial charge on any atom is 0.346 e. The molecule has 0 spiro atoms. The molecule has 132 valence electrons. The van der Waals surface area contributed by atoms with Gasteiger partial charge in [0.1, 0.15) is 5.75 Å². The molecule has 0 saturated heterocycles. The molecule has 0 N–H and O–H groups in total. The Bertz CT molecular complexity index is 901. The van der Waals surface area contributed by atoms with E-state index in [4.69, 9.17) is 4.43 Å². The predicted octanol–water partition coefficient (Wildman–Crippen LogP) is 4.04. The third-order valence-corrected chi connectivity index (χ3v) is 8.78. The molecule has 0 radical (unpaired) electrons. The first kappa shape index (κ1) is 17.3. The minimum Gasteiger partial charge on any atom is -0.530 e. The summed E-state index contributed by atoms with van der Waals surface area (Å²) in [7, 11) is -2.69. The lowest BCUT2D eigenvalue weighted by molar-refractivity contribution is 0.576. The first-order chi connectivity index (χ1) is 13.3. The fraction of sp³-hybridized carbons (Fsp3) is 0.0400. The average Bonchev–Trinajstić information content (AvgIpc) is 2.74. The zero-order valence-corrected chi connectivity index (χ0v) is 16.4. The number of hydrogen-bond acceptors (Lipinski definition) is 1. The van der Waals surface area contributed by atoms with E-state index in [9.17, 15) is 0 Å². The predicted molar refractivity (Wildman–Crippen MR) is 116 cm³/mol. The summed E-state index contributed by atoms with van der Waals surface area (Å²) in [5.41, 5.74) is 1.20. The summed E-state index contributed by atoms with van der Waals surface area (Å²) in [5, 5.41) is 3.72. The zero-order chi connectivity index (χ0) is 18.5. The van der Waals surface area contributed by atoms with Gasteiger partial charge in [0, 0.05) is 0 Å². The second kappa shape index (κ2) is 7.64. The van der Waals surface area contributed by atoms with Gasteiger partial charge in [0.05, 0.1) is 0 Å². The van der Waals surface area contributed by atoms with Gasteiger partial charge in [-0.25, -0.2) is 0 Å². The van der Waals surface area contributed by atoms with Crippen LogP contribution in [0.25, 0.3) is 0 Å². The van der Waals surface area contributed by atoms with Gasteiger partial charge in [0.2, 0.25) is 0 Å². The highest BCUT2D eigenvalue weighted by atomic mass is 28.4. The molecular weight excluding hydrogens is 344 g/mol. The van der Waals surface area contributed by atoms with E-state index in [-0.39, 0.29) is 0 Å². The maximum absolute atomic E-state index is 6.98. The van der Waals surface area contributed by atoms with Crippen LogP contribution in [0.2, 0.25) is 0 Å². The molecule has 0 amide bonds. The number of hydrogen-bond donors (Lipinski definition) is 0. The van der Waals surface area contributed by atoms with Crippen LogP contribution in [-0.4, -0.2) is 8.32 Å². The summed E-state index contributed by atoms with van der Waals surface area (Å²) in [6, 6.07) is 40.3. The van der Waals surface area contributed by atoms with Crippen LogP contribution in [0.5, 0.6) is 5.75 Å².